The highest BCUT2D eigenvalue weighted by atomic mass is 32.1. The molecule has 0 aliphatic heterocycles. The number of ether oxygens (including phenoxy) is 2. The van der Waals surface area contributed by atoms with Gasteiger partial charge in [0, 0.05) is 10.4 Å². The first-order valence-electron chi connectivity index (χ1n) is 6.78. The zero-order valence-electron chi connectivity index (χ0n) is 12.6. The summed E-state index contributed by atoms with van der Waals surface area (Å²) in [6.45, 7) is 3.91. The van der Waals surface area contributed by atoms with E-state index in [9.17, 15) is 9.59 Å². The summed E-state index contributed by atoms with van der Waals surface area (Å²) in [7, 11) is 1.56. The van der Waals surface area contributed by atoms with Crippen LogP contribution in [0, 0.1) is 6.92 Å². The maximum atomic E-state index is 12.3. The van der Waals surface area contributed by atoms with Gasteiger partial charge in [0.2, 0.25) is 0 Å². The molecule has 1 heterocycles. The fourth-order valence-electron chi connectivity index (χ4n) is 1.89. The number of benzene rings is 1. The minimum atomic E-state index is -0.433. The molecule has 116 valence electrons. The summed E-state index contributed by atoms with van der Waals surface area (Å²) >= 11 is 1.34. The Hall–Kier alpha value is -2.34. The fraction of sp³-hybridized carbons (Fsp3) is 0.250. The number of amides is 1. The van der Waals surface area contributed by atoms with Gasteiger partial charge in [-0.1, -0.05) is 0 Å². The van der Waals surface area contributed by atoms with Crippen LogP contribution in [0.25, 0.3) is 0 Å². The molecule has 0 bridgehead atoms. The van der Waals surface area contributed by atoms with Gasteiger partial charge in [0.05, 0.1) is 19.3 Å². The third-order valence-corrected chi connectivity index (χ3v) is 3.90. The highest BCUT2D eigenvalue weighted by molar-refractivity contribution is 7.16. The van der Waals surface area contributed by atoms with Crippen molar-refractivity contribution in [2.45, 2.75) is 13.8 Å². The lowest BCUT2D eigenvalue weighted by atomic mass is 10.2. The molecule has 0 fully saturated rings. The molecule has 1 N–H and O–H groups in total. The summed E-state index contributed by atoms with van der Waals surface area (Å²) in [6, 6.07) is 8.46. The molecule has 0 unspecified atom stereocenters. The predicted molar refractivity (Wildman–Crippen MR) is 86.0 cm³/mol. The van der Waals surface area contributed by atoms with Gasteiger partial charge in [-0.05, 0) is 44.2 Å². The van der Waals surface area contributed by atoms with E-state index >= 15 is 0 Å². The van der Waals surface area contributed by atoms with Crippen LogP contribution in [-0.4, -0.2) is 25.6 Å². The lowest BCUT2D eigenvalue weighted by molar-refractivity contribution is 0.0528. The number of carbonyl (C=O) groups is 2. The zero-order chi connectivity index (χ0) is 16.1. The first-order chi connectivity index (χ1) is 10.5. The molecular formula is C16H17NO4S. The summed E-state index contributed by atoms with van der Waals surface area (Å²) in [6.07, 6.45) is 0. The van der Waals surface area contributed by atoms with Crippen LogP contribution in [-0.2, 0) is 4.74 Å². The minimum absolute atomic E-state index is 0.282. The standard InChI is InChI=1S/C16H17NO4S/c1-4-21-16(19)13-9-10(2)22-15(13)17-14(18)11-5-7-12(20-3)8-6-11/h5-9H,4H2,1-3H3,(H,17,18). The fourth-order valence-corrected chi connectivity index (χ4v) is 2.78. The molecule has 2 rings (SSSR count). The number of rotatable bonds is 5. The Kier molecular flexibility index (Phi) is 5.16. The summed E-state index contributed by atoms with van der Waals surface area (Å²) < 4.78 is 10.1. The Labute approximate surface area is 132 Å². The van der Waals surface area contributed by atoms with E-state index < -0.39 is 5.97 Å². The number of anilines is 1. The van der Waals surface area contributed by atoms with Gasteiger partial charge in [0.15, 0.2) is 0 Å². The molecule has 1 amide bonds. The van der Waals surface area contributed by atoms with Gasteiger partial charge < -0.3 is 14.8 Å². The molecule has 5 nitrogen and oxygen atoms in total. The molecule has 0 aliphatic carbocycles. The monoisotopic (exact) mass is 319 g/mol. The number of esters is 1. The molecule has 1 aromatic heterocycles. The first-order valence-corrected chi connectivity index (χ1v) is 7.59. The van der Waals surface area contributed by atoms with E-state index in [-0.39, 0.29) is 5.91 Å². The minimum Gasteiger partial charge on any atom is -0.497 e. The van der Waals surface area contributed by atoms with Crippen molar-refractivity contribution >= 4 is 28.2 Å². The van der Waals surface area contributed by atoms with Crippen molar-refractivity contribution in [3.05, 3.63) is 46.3 Å². The molecule has 0 spiro atoms. The average Bonchev–Trinajstić information content (AvgIpc) is 2.88. The lowest BCUT2D eigenvalue weighted by Gasteiger charge is -2.06. The van der Waals surface area contributed by atoms with Crippen LogP contribution in [0.1, 0.15) is 32.5 Å². The summed E-state index contributed by atoms with van der Waals surface area (Å²) in [4.78, 5) is 25.1. The van der Waals surface area contributed by atoms with Crippen molar-refractivity contribution < 1.29 is 19.1 Å². The van der Waals surface area contributed by atoms with Gasteiger partial charge in [-0.3, -0.25) is 4.79 Å². The normalized spacial score (nSPS) is 10.1. The Morgan fingerprint density at radius 3 is 2.50 bits per heavy atom. The SMILES string of the molecule is CCOC(=O)c1cc(C)sc1NC(=O)c1ccc(OC)cc1. The van der Waals surface area contributed by atoms with Crippen molar-refractivity contribution in [2.24, 2.45) is 0 Å². The van der Waals surface area contributed by atoms with Gasteiger partial charge in [0.1, 0.15) is 10.8 Å². The molecule has 2 aromatic rings. The number of hydrogen-bond donors (Lipinski definition) is 1. The van der Waals surface area contributed by atoms with E-state index in [2.05, 4.69) is 5.32 Å². The van der Waals surface area contributed by atoms with Crippen LogP contribution in [0.5, 0.6) is 5.75 Å². The van der Waals surface area contributed by atoms with Crippen molar-refractivity contribution in [1.82, 2.24) is 0 Å². The molecule has 6 heteroatoms. The van der Waals surface area contributed by atoms with Crippen molar-refractivity contribution in [3.63, 3.8) is 0 Å². The van der Waals surface area contributed by atoms with Crippen molar-refractivity contribution in [2.75, 3.05) is 19.0 Å². The first kappa shape index (κ1) is 16.0. The summed E-state index contributed by atoms with van der Waals surface area (Å²) in [5, 5.41) is 3.26. The molecule has 0 saturated heterocycles. The molecular weight excluding hydrogens is 302 g/mol. The van der Waals surface area contributed by atoms with Crippen LogP contribution in [0.3, 0.4) is 0 Å². The second-order valence-corrected chi connectivity index (χ2v) is 5.76. The van der Waals surface area contributed by atoms with Crippen LogP contribution < -0.4 is 10.1 Å². The number of aryl methyl sites for hydroxylation is 1. The van der Waals surface area contributed by atoms with Gasteiger partial charge in [-0.15, -0.1) is 11.3 Å². The Morgan fingerprint density at radius 1 is 1.23 bits per heavy atom. The topological polar surface area (TPSA) is 64.6 Å². The van der Waals surface area contributed by atoms with E-state index in [0.717, 1.165) is 4.88 Å². The number of carbonyl (C=O) groups excluding carboxylic acids is 2. The Morgan fingerprint density at radius 2 is 1.91 bits per heavy atom. The lowest BCUT2D eigenvalue weighted by Crippen LogP contribution is -2.14. The molecule has 0 saturated carbocycles. The van der Waals surface area contributed by atoms with Gasteiger partial charge >= 0.3 is 5.97 Å². The largest absolute Gasteiger partial charge is 0.497 e. The Balaban J connectivity index is 2.18. The van der Waals surface area contributed by atoms with Gasteiger partial charge in [-0.2, -0.15) is 0 Å². The summed E-state index contributed by atoms with van der Waals surface area (Å²) in [5.41, 5.74) is 0.868. The molecule has 0 aliphatic rings. The number of nitrogens with one attached hydrogen (secondary N) is 1. The maximum Gasteiger partial charge on any atom is 0.341 e. The molecule has 0 atom stereocenters. The van der Waals surface area contributed by atoms with Gasteiger partial charge in [0.25, 0.3) is 5.91 Å². The number of methoxy groups -OCH3 is 1. The highest BCUT2D eigenvalue weighted by Gasteiger charge is 2.18. The maximum absolute atomic E-state index is 12.3. The van der Waals surface area contributed by atoms with E-state index in [0.29, 0.717) is 28.5 Å². The third-order valence-electron chi connectivity index (χ3n) is 2.93. The molecule has 0 radical (unpaired) electrons. The van der Waals surface area contributed by atoms with Crippen molar-refractivity contribution in [1.29, 1.82) is 0 Å². The average molecular weight is 319 g/mol. The second-order valence-electron chi connectivity index (χ2n) is 4.50. The highest BCUT2D eigenvalue weighted by Crippen LogP contribution is 2.29. The van der Waals surface area contributed by atoms with Gasteiger partial charge in [-0.25, -0.2) is 4.79 Å². The quantitative estimate of drug-likeness (QED) is 0.857. The second kappa shape index (κ2) is 7.09. The Bertz CT molecular complexity index is 676. The predicted octanol–water partition coefficient (Wildman–Crippen LogP) is 3.49. The van der Waals surface area contributed by atoms with E-state index in [1.807, 2.05) is 6.92 Å². The van der Waals surface area contributed by atoms with E-state index in [4.69, 9.17) is 9.47 Å². The number of thiophene rings is 1. The van der Waals surface area contributed by atoms with Crippen LogP contribution in [0.15, 0.2) is 30.3 Å². The zero-order valence-corrected chi connectivity index (χ0v) is 13.5. The van der Waals surface area contributed by atoms with Crippen LogP contribution in [0.2, 0.25) is 0 Å². The van der Waals surface area contributed by atoms with Crippen molar-refractivity contribution in [3.8, 4) is 5.75 Å². The molecule has 1 aromatic carbocycles. The summed E-state index contributed by atoms with van der Waals surface area (Å²) in [5.74, 6) is -0.0392. The van der Waals surface area contributed by atoms with Crippen LogP contribution >= 0.6 is 11.3 Å². The van der Waals surface area contributed by atoms with E-state index in [1.54, 1.807) is 44.4 Å². The molecule has 22 heavy (non-hydrogen) atoms. The van der Waals surface area contributed by atoms with E-state index in [1.165, 1.54) is 11.3 Å². The number of hydrogen-bond acceptors (Lipinski definition) is 5. The smallest absolute Gasteiger partial charge is 0.341 e. The van der Waals surface area contributed by atoms with Crippen LogP contribution in [0.4, 0.5) is 5.00 Å². The third kappa shape index (κ3) is 3.65.